The Morgan fingerprint density at radius 2 is 1.76 bits per heavy atom. The van der Waals surface area contributed by atoms with Crippen LogP contribution in [0.3, 0.4) is 0 Å². The lowest BCUT2D eigenvalue weighted by Gasteiger charge is -2.56. The normalized spacial score (nSPS) is 36.0. The number of rotatable bonds is 4. The van der Waals surface area contributed by atoms with E-state index in [1.165, 1.54) is 18.7 Å². The second-order valence-electron chi connectivity index (χ2n) is 11.3. The van der Waals surface area contributed by atoms with Crippen LogP contribution in [0.2, 0.25) is 0 Å². The number of likely N-dealkylation sites (tertiary alicyclic amines) is 1. The number of nitrogens with zero attached hydrogens (tertiary/aromatic N) is 3. The average molecular weight is 457 g/mol. The van der Waals surface area contributed by atoms with Gasteiger partial charge >= 0.3 is 0 Å². The molecule has 0 bridgehead atoms. The lowest BCUT2D eigenvalue weighted by Crippen LogP contribution is -2.58. The number of carbonyl (C=O) groups is 2. The lowest BCUT2D eigenvalue weighted by atomic mass is 9.51. The van der Waals surface area contributed by atoms with E-state index in [1.807, 2.05) is 11.8 Å². The Kier molecular flexibility index (Phi) is 7.08. The van der Waals surface area contributed by atoms with Gasteiger partial charge in [-0.2, -0.15) is 0 Å². The van der Waals surface area contributed by atoms with E-state index in [0.717, 1.165) is 51.6 Å². The maximum atomic E-state index is 13.3. The predicted octanol–water partition coefficient (Wildman–Crippen LogP) is 3.29. The molecule has 0 unspecified atom stereocenters. The van der Waals surface area contributed by atoms with Gasteiger partial charge in [0.2, 0.25) is 5.91 Å². The van der Waals surface area contributed by atoms with E-state index in [1.54, 1.807) is 0 Å². The van der Waals surface area contributed by atoms with Gasteiger partial charge in [-0.3, -0.25) is 9.59 Å². The minimum Gasteiger partial charge on any atom is -0.392 e. The monoisotopic (exact) mass is 456 g/mol. The van der Waals surface area contributed by atoms with Gasteiger partial charge in [0.1, 0.15) is 6.33 Å². The second-order valence-corrected chi connectivity index (χ2v) is 11.3. The van der Waals surface area contributed by atoms with E-state index in [9.17, 15) is 14.7 Å². The molecule has 0 aromatic carbocycles. The third-order valence-corrected chi connectivity index (χ3v) is 9.15. The second kappa shape index (κ2) is 9.69. The molecule has 1 aromatic heterocycles. The van der Waals surface area contributed by atoms with Gasteiger partial charge in [-0.25, -0.2) is 9.97 Å². The first kappa shape index (κ1) is 24.1. The first-order valence-electron chi connectivity index (χ1n) is 12.7. The highest BCUT2D eigenvalue weighted by Crippen LogP contribution is 2.55. The van der Waals surface area contributed by atoms with E-state index in [0.29, 0.717) is 11.5 Å². The van der Waals surface area contributed by atoms with Gasteiger partial charge in [0.15, 0.2) is 0 Å². The maximum absolute atomic E-state index is 13.3. The number of aliphatic hydroxyl groups is 1. The number of piperidine rings is 1. The molecule has 7 heteroatoms. The van der Waals surface area contributed by atoms with E-state index in [2.05, 4.69) is 36.1 Å². The fourth-order valence-electron chi connectivity index (χ4n) is 6.87. The molecule has 1 aromatic rings. The number of nitrogens with one attached hydrogen (secondary N) is 1. The Hall–Kier alpha value is -2.02. The maximum Gasteiger partial charge on any atom is 0.254 e. The van der Waals surface area contributed by atoms with Gasteiger partial charge in [0, 0.05) is 37.4 Å². The van der Waals surface area contributed by atoms with E-state index in [4.69, 9.17) is 0 Å². The molecule has 0 radical (unpaired) electrons. The predicted molar refractivity (Wildman–Crippen MR) is 126 cm³/mol. The fraction of sp³-hybridized carbons (Fsp3) is 0.769. The SMILES string of the molecule is CC1CCN(C(=O)[C@@H](C)[C@@H]2CC[C@]3(C)CC[C@H](NC(=O)c4cncnc4)[C@H](C)[C@@H]3[C@H]2O)CC1. The molecule has 33 heavy (non-hydrogen) atoms. The summed E-state index contributed by atoms with van der Waals surface area (Å²) in [6, 6.07) is -0.0150. The summed E-state index contributed by atoms with van der Waals surface area (Å²) in [4.78, 5) is 35.9. The number of aromatic nitrogens is 2. The molecule has 1 saturated heterocycles. The molecule has 0 spiro atoms. The van der Waals surface area contributed by atoms with Crippen molar-refractivity contribution in [2.45, 2.75) is 78.4 Å². The lowest BCUT2D eigenvalue weighted by molar-refractivity contribution is -0.151. The molecular formula is C26H40N4O3. The quantitative estimate of drug-likeness (QED) is 0.725. The van der Waals surface area contributed by atoms with Crippen LogP contribution in [-0.4, -0.2) is 57.0 Å². The van der Waals surface area contributed by atoms with Crippen LogP contribution in [0.5, 0.6) is 0 Å². The van der Waals surface area contributed by atoms with Crippen LogP contribution < -0.4 is 5.32 Å². The van der Waals surface area contributed by atoms with Crippen molar-refractivity contribution in [2.24, 2.45) is 35.0 Å². The van der Waals surface area contributed by atoms with Crippen LogP contribution in [0.1, 0.15) is 76.6 Å². The highest BCUT2D eigenvalue weighted by molar-refractivity contribution is 5.93. The van der Waals surface area contributed by atoms with Crippen molar-refractivity contribution in [1.82, 2.24) is 20.2 Å². The van der Waals surface area contributed by atoms with E-state index in [-0.39, 0.29) is 46.9 Å². The molecule has 2 N–H and O–H groups in total. The van der Waals surface area contributed by atoms with Crippen LogP contribution in [0.25, 0.3) is 0 Å². The first-order chi connectivity index (χ1) is 15.7. The molecule has 2 heterocycles. The smallest absolute Gasteiger partial charge is 0.254 e. The minimum atomic E-state index is -0.541. The number of carbonyl (C=O) groups excluding carboxylic acids is 2. The number of hydrogen-bond donors (Lipinski definition) is 2. The Bertz CT molecular complexity index is 841. The molecule has 4 rings (SSSR count). The van der Waals surface area contributed by atoms with Crippen molar-refractivity contribution in [3.05, 3.63) is 24.3 Å². The van der Waals surface area contributed by atoms with Crippen LogP contribution in [0.15, 0.2) is 18.7 Å². The number of amides is 2. The summed E-state index contributed by atoms with van der Waals surface area (Å²) in [5.41, 5.74) is 0.491. The number of hydrogen-bond acceptors (Lipinski definition) is 5. The van der Waals surface area contributed by atoms with Crippen molar-refractivity contribution in [2.75, 3.05) is 13.1 Å². The average Bonchev–Trinajstić information content (AvgIpc) is 2.81. The summed E-state index contributed by atoms with van der Waals surface area (Å²) in [6.07, 6.45) is 9.83. The zero-order chi connectivity index (χ0) is 23.8. The summed E-state index contributed by atoms with van der Waals surface area (Å²) in [5, 5.41) is 14.8. The summed E-state index contributed by atoms with van der Waals surface area (Å²) in [6.45, 7) is 10.4. The molecular weight excluding hydrogens is 416 g/mol. The van der Waals surface area contributed by atoms with E-state index < -0.39 is 6.10 Å². The Labute approximate surface area is 197 Å². The van der Waals surface area contributed by atoms with Gasteiger partial charge in [-0.15, -0.1) is 0 Å². The van der Waals surface area contributed by atoms with Gasteiger partial charge < -0.3 is 15.3 Å². The zero-order valence-electron chi connectivity index (χ0n) is 20.5. The standard InChI is InChI=1S/C26H40N4O3/c1-16-7-11-30(12-8-16)25(33)17(2)20-5-9-26(4)10-6-21(18(3)22(26)23(20)31)29-24(32)19-13-27-15-28-14-19/h13-18,20-23,31H,5-12H2,1-4H3,(H,29,32)/t17-,18-,20-,21-,22+,23-,26+/m0/s1. The highest BCUT2D eigenvalue weighted by Gasteiger charge is 2.54. The number of fused-ring (bicyclic) bond motifs is 1. The molecule has 2 aliphatic carbocycles. The van der Waals surface area contributed by atoms with Crippen molar-refractivity contribution in [3.63, 3.8) is 0 Å². The zero-order valence-corrected chi connectivity index (χ0v) is 20.5. The van der Waals surface area contributed by atoms with Crippen LogP contribution >= 0.6 is 0 Å². The van der Waals surface area contributed by atoms with Crippen LogP contribution in [0.4, 0.5) is 0 Å². The molecule has 7 nitrogen and oxygen atoms in total. The summed E-state index contributed by atoms with van der Waals surface area (Å²) < 4.78 is 0. The molecule has 182 valence electrons. The summed E-state index contributed by atoms with van der Waals surface area (Å²) in [5.74, 6) is 0.680. The van der Waals surface area contributed by atoms with Crippen LogP contribution in [-0.2, 0) is 4.79 Å². The van der Waals surface area contributed by atoms with Crippen molar-refractivity contribution in [3.8, 4) is 0 Å². The fourth-order valence-corrected chi connectivity index (χ4v) is 6.87. The highest BCUT2D eigenvalue weighted by atomic mass is 16.3. The van der Waals surface area contributed by atoms with Gasteiger partial charge in [-0.05, 0) is 67.6 Å². The summed E-state index contributed by atoms with van der Waals surface area (Å²) in [7, 11) is 0. The molecule has 2 amide bonds. The molecule has 7 atom stereocenters. The molecule has 3 aliphatic rings. The largest absolute Gasteiger partial charge is 0.392 e. The van der Waals surface area contributed by atoms with Gasteiger partial charge in [-0.1, -0.05) is 27.7 Å². The van der Waals surface area contributed by atoms with Crippen LogP contribution in [0, 0.1) is 35.0 Å². The van der Waals surface area contributed by atoms with E-state index >= 15 is 0 Å². The Balaban J connectivity index is 1.45. The van der Waals surface area contributed by atoms with Crippen molar-refractivity contribution in [1.29, 1.82) is 0 Å². The number of aliphatic hydroxyl groups excluding tert-OH is 1. The molecule has 3 fully saturated rings. The third-order valence-electron chi connectivity index (χ3n) is 9.15. The first-order valence-corrected chi connectivity index (χ1v) is 12.7. The minimum absolute atomic E-state index is 0.0150. The molecule has 2 saturated carbocycles. The van der Waals surface area contributed by atoms with Gasteiger partial charge in [0.05, 0.1) is 11.7 Å². The topological polar surface area (TPSA) is 95.4 Å². The third kappa shape index (κ3) is 4.79. The van der Waals surface area contributed by atoms with Crippen molar-refractivity contribution < 1.29 is 14.7 Å². The van der Waals surface area contributed by atoms with Gasteiger partial charge in [0.25, 0.3) is 5.91 Å². The Morgan fingerprint density at radius 1 is 1.12 bits per heavy atom. The van der Waals surface area contributed by atoms with Crippen molar-refractivity contribution >= 4 is 11.8 Å². The summed E-state index contributed by atoms with van der Waals surface area (Å²) >= 11 is 0. The molecule has 1 aliphatic heterocycles. The Morgan fingerprint density at radius 3 is 2.42 bits per heavy atom.